The summed E-state index contributed by atoms with van der Waals surface area (Å²) in [6, 6.07) is 1.53. The van der Waals surface area contributed by atoms with Gasteiger partial charge in [0.1, 0.15) is 11.6 Å². The quantitative estimate of drug-likeness (QED) is 0.841. The first kappa shape index (κ1) is 14.4. The standard InChI is InChI=1S/C13H21N3O2/c1-5-6-7-16(4)11-8-10(13(17)18)14-12(15-11)9(2)3/h8-9H,5-7H2,1-4H3,(H,17,18). The molecule has 0 fully saturated rings. The first-order chi connectivity index (χ1) is 8.45. The van der Waals surface area contributed by atoms with Crippen LogP contribution in [0.3, 0.4) is 0 Å². The highest BCUT2D eigenvalue weighted by atomic mass is 16.4. The van der Waals surface area contributed by atoms with Crippen molar-refractivity contribution in [2.45, 2.75) is 39.5 Å². The minimum atomic E-state index is -1.01. The van der Waals surface area contributed by atoms with E-state index in [0.717, 1.165) is 19.4 Å². The van der Waals surface area contributed by atoms with Gasteiger partial charge in [0.25, 0.3) is 0 Å². The van der Waals surface area contributed by atoms with Crippen molar-refractivity contribution in [1.82, 2.24) is 9.97 Å². The van der Waals surface area contributed by atoms with Gasteiger partial charge >= 0.3 is 5.97 Å². The fourth-order valence-electron chi connectivity index (χ4n) is 1.53. The average Bonchev–Trinajstić information content (AvgIpc) is 2.35. The first-order valence-corrected chi connectivity index (χ1v) is 6.29. The van der Waals surface area contributed by atoms with Crippen LogP contribution in [0, 0.1) is 0 Å². The topological polar surface area (TPSA) is 66.3 Å². The van der Waals surface area contributed by atoms with Gasteiger partial charge in [-0.05, 0) is 6.42 Å². The molecule has 0 aliphatic carbocycles. The average molecular weight is 251 g/mol. The molecule has 100 valence electrons. The normalized spacial score (nSPS) is 10.7. The second-order valence-electron chi connectivity index (χ2n) is 4.70. The summed E-state index contributed by atoms with van der Waals surface area (Å²) in [5.41, 5.74) is 0.0621. The Hall–Kier alpha value is -1.65. The predicted molar refractivity (Wildman–Crippen MR) is 71.3 cm³/mol. The van der Waals surface area contributed by atoms with Gasteiger partial charge in [-0.2, -0.15) is 0 Å². The molecule has 0 atom stereocenters. The molecule has 5 heteroatoms. The summed E-state index contributed by atoms with van der Waals surface area (Å²) in [5.74, 6) is 0.361. The molecule has 0 radical (unpaired) electrons. The second kappa shape index (κ2) is 6.33. The molecule has 0 aromatic carbocycles. The van der Waals surface area contributed by atoms with E-state index in [0.29, 0.717) is 11.6 Å². The van der Waals surface area contributed by atoms with Crippen LogP contribution < -0.4 is 4.90 Å². The van der Waals surface area contributed by atoms with Crippen LogP contribution in [0.25, 0.3) is 0 Å². The van der Waals surface area contributed by atoms with Crippen molar-refractivity contribution in [3.8, 4) is 0 Å². The minimum Gasteiger partial charge on any atom is -0.477 e. The zero-order valence-corrected chi connectivity index (χ0v) is 11.5. The lowest BCUT2D eigenvalue weighted by molar-refractivity contribution is 0.0690. The highest BCUT2D eigenvalue weighted by molar-refractivity contribution is 5.86. The Labute approximate surface area is 108 Å². The van der Waals surface area contributed by atoms with Gasteiger partial charge in [-0.15, -0.1) is 0 Å². The van der Waals surface area contributed by atoms with Crippen molar-refractivity contribution in [1.29, 1.82) is 0 Å². The smallest absolute Gasteiger partial charge is 0.354 e. The number of hydrogen-bond acceptors (Lipinski definition) is 4. The Balaban J connectivity index is 3.06. The maximum Gasteiger partial charge on any atom is 0.354 e. The van der Waals surface area contributed by atoms with E-state index in [9.17, 15) is 4.79 Å². The van der Waals surface area contributed by atoms with E-state index in [2.05, 4.69) is 16.9 Å². The Morgan fingerprint density at radius 1 is 1.44 bits per heavy atom. The third kappa shape index (κ3) is 3.68. The number of rotatable bonds is 6. The van der Waals surface area contributed by atoms with Gasteiger partial charge in [-0.1, -0.05) is 27.2 Å². The second-order valence-corrected chi connectivity index (χ2v) is 4.70. The molecule has 0 bridgehead atoms. The van der Waals surface area contributed by atoms with Gasteiger partial charge in [0.2, 0.25) is 0 Å². The maximum absolute atomic E-state index is 11.1. The molecule has 1 aromatic heterocycles. The number of aromatic nitrogens is 2. The summed E-state index contributed by atoms with van der Waals surface area (Å²) >= 11 is 0. The molecule has 0 saturated heterocycles. The fourth-order valence-corrected chi connectivity index (χ4v) is 1.53. The van der Waals surface area contributed by atoms with E-state index in [-0.39, 0.29) is 11.6 Å². The number of unbranched alkanes of at least 4 members (excludes halogenated alkanes) is 1. The van der Waals surface area contributed by atoms with Crippen LogP contribution in [0.1, 0.15) is 55.8 Å². The largest absolute Gasteiger partial charge is 0.477 e. The molecule has 0 amide bonds. The Kier molecular flexibility index (Phi) is 5.07. The van der Waals surface area contributed by atoms with Crippen molar-refractivity contribution < 1.29 is 9.90 Å². The van der Waals surface area contributed by atoms with E-state index in [1.165, 1.54) is 6.07 Å². The van der Waals surface area contributed by atoms with Crippen molar-refractivity contribution >= 4 is 11.8 Å². The van der Waals surface area contributed by atoms with Crippen molar-refractivity contribution in [2.75, 3.05) is 18.5 Å². The van der Waals surface area contributed by atoms with E-state index in [1.807, 2.05) is 25.8 Å². The number of anilines is 1. The van der Waals surface area contributed by atoms with E-state index in [4.69, 9.17) is 5.11 Å². The molecule has 0 unspecified atom stereocenters. The number of hydrogen-bond donors (Lipinski definition) is 1. The molecule has 1 aromatic rings. The summed E-state index contributed by atoms with van der Waals surface area (Å²) in [5, 5.41) is 9.06. The summed E-state index contributed by atoms with van der Waals surface area (Å²) in [6.45, 7) is 6.90. The number of carbonyl (C=O) groups is 1. The van der Waals surface area contributed by atoms with E-state index >= 15 is 0 Å². The van der Waals surface area contributed by atoms with Crippen LogP contribution >= 0.6 is 0 Å². The number of carboxylic acid groups (broad SMARTS) is 1. The molecule has 1 rings (SSSR count). The van der Waals surface area contributed by atoms with Crippen molar-refractivity contribution in [3.63, 3.8) is 0 Å². The Morgan fingerprint density at radius 2 is 2.11 bits per heavy atom. The molecule has 1 heterocycles. The number of nitrogens with zero attached hydrogens (tertiary/aromatic N) is 3. The number of aromatic carboxylic acids is 1. The third-order valence-corrected chi connectivity index (χ3v) is 2.70. The van der Waals surface area contributed by atoms with E-state index < -0.39 is 5.97 Å². The van der Waals surface area contributed by atoms with Gasteiger partial charge in [0.05, 0.1) is 0 Å². The fraction of sp³-hybridized carbons (Fsp3) is 0.615. The summed E-state index contributed by atoms with van der Waals surface area (Å²) in [7, 11) is 1.92. The SMILES string of the molecule is CCCCN(C)c1cc(C(=O)O)nc(C(C)C)n1. The summed E-state index contributed by atoms with van der Waals surface area (Å²) in [6.07, 6.45) is 2.15. The molecule has 0 aliphatic heterocycles. The molecular formula is C13H21N3O2. The zero-order chi connectivity index (χ0) is 13.7. The van der Waals surface area contributed by atoms with Crippen LogP contribution in [-0.2, 0) is 0 Å². The maximum atomic E-state index is 11.1. The molecule has 0 spiro atoms. The van der Waals surface area contributed by atoms with Crippen LogP contribution in [0.4, 0.5) is 5.82 Å². The predicted octanol–water partition coefficient (Wildman–Crippen LogP) is 2.53. The molecule has 1 N–H and O–H groups in total. The van der Waals surface area contributed by atoms with Gasteiger partial charge in [-0.25, -0.2) is 14.8 Å². The minimum absolute atomic E-state index is 0.0621. The summed E-state index contributed by atoms with van der Waals surface area (Å²) < 4.78 is 0. The van der Waals surface area contributed by atoms with Crippen LogP contribution in [-0.4, -0.2) is 34.6 Å². The third-order valence-electron chi connectivity index (χ3n) is 2.70. The lowest BCUT2D eigenvalue weighted by atomic mass is 10.2. The Morgan fingerprint density at radius 3 is 2.61 bits per heavy atom. The first-order valence-electron chi connectivity index (χ1n) is 6.29. The Bertz CT molecular complexity index is 419. The monoisotopic (exact) mass is 251 g/mol. The molecule has 0 aliphatic rings. The van der Waals surface area contributed by atoms with Gasteiger partial charge in [0.15, 0.2) is 5.69 Å². The molecular weight excluding hydrogens is 230 g/mol. The molecule has 0 saturated carbocycles. The highest BCUT2D eigenvalue weighted by Gasteiger charge is 2.14. The molecule has 18 heavy (non-hydrogen) atoms. The van der Waals surface area contributed by atoms with Crippen LogP contribution in [0.15, 0.2) is 6.07 Å². The van der Waals surface area contributed by atoms with Gasteiger partial charge in [-0.3, -0.25) is 0 Å². The zero-order valence-electron chi connectivity index (χ0n) is 11.5. The van der Waals surface area contributed by atoms with Gasteiger partial charge in [0, 0.05) is 25.6 Å². The number of carboxylic acids is 1. The lowest BCUT2D eigenvalue weighted by Crippen LogP contribution is -2.21. The van der Waals surface area contributed by atoms with E-state index in [1.54, 1.807) is 0 Å². The van der Waals surface area contributed by atoms with Crippen molar-refractivity contribution in [3.05, 3.63) is 17.6 Å². The molecule has 5 nitrogen and oxygen atoms in total. The van der Waals surface area contributed by atoms with Gasteiger partial charge < -0.3 is 10.0 Å². The van der Waals surface area contributed by atoms with Crippen LogP contribution in [0.5, 0.6) is 0 Å². The van der Waals surface area contributed by atoms with Crippen LogP contribution in [0.2, 0.25) is 0 Å². The highest BCUT2D eigenvalue weighted by Crippen LogP contribution is 2.17. The van der Waals surface area contributed by atoms with Crippen molar-refractivity contribution in [2.24, 2.45) is 0 Å². The lowest BCUT2D eigenvalue weighted by Gasteiger charge is -2.19. The summed E-state index contributed by atoms with van der Waals surface area (Å²) in [4.78, 5) is 21.5.